The van der Waals surface area contributed by atoms with Crippen LogP contribution in [0.25, 0.3) is 10.8 Å². The van der Waals surface area contributed by atoms with Crippen molar-refractivity contribution in [1.29, 1.82) is 0 Å². The zero-order chi connectivity index (χ0) is 19.9. The molecule has 28 heavy (non-hydrogen) atoms. The summed E-state index contributed by atoms with van der Waals surface area (Å²) in [6.07, 6.45) is -0.480. The van der Waals surface area contributed by atoms with E-state index in [2.05, 4.69) is 5.32 Å². The molecule has 3 rings (SSSR count). The number of rotatable bonds is 7. The van der Waals surface area contributed by atoms with Gasteiger partial charge in [-0.2, -0.15) is 0 Å². The number of carbonyl (C=O) groups excluding carboxylic acids is 2. The molecule has 3 aromatic carbocycles. The first kappa shape index (κ1) is 19.6. The normalized spacial score (nSPS) is 12.9. The Labute approximate surface area is 164 Å². The molecule has 0 aromatic heterocycles. The van der Waals surface area contributed by atoms with Gasteiger partial charge in [0.25, 0.3) is 5.91 Å². The minimum Gasteiger partial charge on any atom is -0.467 e. The molecule has 0 aliphatic heterocycles. The van der Waals surface area contributed by atoms with Crippen LogP contribution >= 0.6 is 0 Å². The summed E-state index contributed by atoms with van der Waals surface area (Å²) in [4.78, 5) is 25.2. The van der Waals surface area contributed by atoms with E-state index in [1.54, 1.807) is 0 Å². The highest BCUT2D eigenvalue weighted by atomic mass is 16.5. The van der Waals surface area contributed by atoms with Crippen LogP contribution in [0.1, 0.15) is 17.2 Å². The monoisotopic (exact) mass is 377 g/mol. The number of esters is 1. The molecular formula is C23H23NO4. The number of fused-ring (bicyclic) bond motifs is 1. The number of hydrogen-bond donors (Lipinski definition) is 1. The Balaban J connectivity index is 1.84. The summed E-state index contributed by atoms with van der Waals surface area (Å²) in [7, 11) is 2.78. The molecule has 5 heteroatoms. The Bertz CT molecular complexity index is 950. The fourth-order valence-corrected chi connectivity index (χ4v) is 3.30. The van der Waals surface area contributed by atoms with Crippen molar-refractivity contribution in [3.63, 3.8) is 0 Å². The summed E-state index contributed by atoms with van der Waals surface area (Å²) in [5.74, 6) is -0.881. The minimum absolute atomic E-state index is 0.324. The van der Waals surface area contributed by atoms with E-state index in [4.69, 9.17) is 9.47 Å². The average Bonchev–Trinajstić information content (AvgIpc) is 2.74. The first-order valence-electron chi connectivity index (χ1n) is 9.06. The lowest BCUT2D eigenvalue weighted by Gasteiger charge is -2.21. The SMILES string of the molecule is COC(=O)[C@@H](Cc1cccc2ccccc12)NC(=O)[C@@H](OC)c1ccccc1. The Morgan fingerprint density at radius 1 is 0.893 bits per heavy atom. The molecule has 0 radical (unpaired) electrons. The van der Waals surface area contributed by atoms with Crippen LogP contribution in [0.2, 0.25) is 0 Å². The predicted molar refractivity (Wildman–Crippen MR) is 108 cm³/mol. The Morgan fingerprint density at radius 3 is 2.29 bits per heavy atom. The highest BCUT2D eigenvalue weighted by Gasteiger charge is 2.27. The van der Waals surface area contributed by atoms with Gasteiger partial charge in [-0.15, -0.1) is 0 Å². The van der Waals surface area contributed by atoms with Crippen LogP contribution in [0.3, 0.4) is 0 Å². The van der Waals surface area contributed by atoms with Gasteiger partial charge < -0.3 is 14.8 Å². The Hall–Kier alpha value is -3.18. The van der Waals surface area contributed by atoms with Crippen LogP contribution < -0.4 is 5.32 Å². The van der Waals surface area contributed by atoms with E-state index >= 15 is 0 Å². The van der Waals surface area contributed by atoms with Gasteiger partial charge in [-0.3, -0.25) is 4.79 Å². The summed E-state index contributed by atoms with van der Waals surface area (Å²) in [6.45, 7) is 0. The lowest BCUT2D eigenvalue weighted by molar-refractivity contribution is -0.146. The molecule has 0 saturated heterocycles. The van der Waals surface area contributed by atoms with E-state index in [-0.39, 0.29) is 5.91 Å². The van der Waals surface area contributed by atoms with E-state index in [1.165, 1.54) is 14.2 Å². The van der Waals surface area contributed by atoms with Gasteiger partial charge in [0.15, 0.2) is 6.10 Å². The van der Waals surface area contributed by atoms with Crippen molar-refractivity contribution < 1.29 is 19.1 Å². The summed E-state index contributed by atoms with van der Waals surface area (Å²) in [6, 6.07) is 22.2. The number of ether oxygens (including phenoxy) is 2. The molecule has 144 valence electrons. The third kappa shape index (κ3) is 4.38. The second-order valence-corrected chi connectivity index (χ2v) is 6.45. The van der Waals surface area contributed by atoms with Crippen molar-refractivity contribution in [3.05, 3.63) is 83.9 Å². The fraction of sp³-hybridized carbons (Fsp3) is 0.217. The molecule has 1 amide bonds. The van der Waals surface area contributed by atoms with Gasteiger partial charge in [-0.25, -0.2) is 4.79 Å². The Kier molecular flexibility index (Phi) is 6.40. The van der Waals surface area contributed by atoms with Gasteiger partial charge in [0, 0.05) is 13.5 Å². The lowest BCUT2D eigenvalue weighted by Crippen LogP contribution is -2.45. The zero-order valence-electron chi connectivity index (χ0n) is 15.9. The maximum Gasteiger partial charge on any atom is 0.328 e. The van der Waals surface area contributed by atoms with E-state index in [1.807, 2.05) is 72.8 Å². The second kappa shape index (κ2) is 9.15. The third-order valence-electron chi connectivity index (χ3n) is 4.68. The van der Waals surface area contributed by atoms with Crippen molar-refractivity contribution in [3.8, 4) is 0 Å². The molecule has 0 bridgehead atoms. The molecule has 5 nitrogen and oxygen atoms in total. The summed E-state index contributed by atoms with van der Waals surface area (Å²) < 4.78 is 10.3. The first-order chi connectivity index (χ1) is 13.6. The second-order valence-electron chi connectivity index (χ2n) is 6.45. The summed E-state index contributed by atoms with van der Waals surface area (Å²) in [5, 5.41) is 4.91. The van der Waals surface area contributed by atoms with Crippen molar-refractivity contribution in [2.45, 2.75) is 18.6 Å². The van der Waals surface area contributed by atoms with Gasteiger partial charge in [0.05, 0.1) is 7.11 Å². The Morgan fingerprint density at radius 2 is 1.57 bits per heavy atom. The standard InChI is InChI=1S/C23H23NO4/c1-27-21(17-10-4-3-5-11-17)22(25)24-20(23(26)28-2)15-18-13-8-12-16-9-6-7-14-19(16)18/h3-14,20-21H,15H2,1-2H3,(H,24,25)/t20-,21+/m1/s1. The number of amides is 1. The smallest absolute Gasteiger partial charge is 0.328 e. The van der Waals surface area contributed by atoms with E-state index in [9.17, 15) is 9.59 Å². The average molecular weight is 377 g/mol. The number of carbonyl (C=O) groups is 2. The number of nitrogens with one attached hydrogen (secondary N) is 1. The number of benzene rings is 3. The summed E-state index contributed by atoms with van der Waals surface area (Å²) in [5.41, 5.74) is 1.68. The topological polar surface area (TPSA) is 64.6 Å². The molecule has 0 heterocycles. The molecule has 0 unspecified atom stereocenters. The quantitative estimate of drug-likeness (QED) is 0.641. The molecule has 0 aliphatic carbocycles. The lowest BCUT2D eigenvalue weighted by atomic mass is 9.98. The van der Waals surface area contributed by atoms with Crippen LogP contribution in [-0.4, -0.2) is 32.1 Å². The van der Waals surface area contributed by atoms with Crippen LogP contribution in [-0.2, 0) is 25.5 Å². The van der Waals surface area contributed by atoms with Crippen LogP contribution in [0, 0.1) is 0 Å². The highest BCUT2D eigenvalue weighted by Crippen LogP contribution is 2.21. The minimum atomic E-state index is -0.815. The first-order valence-corrected chi connectivity index (χ1v) is 9.06. The van der Waals surface area contributed by atoms with Crippen molar-refractivity contribution in [2.75, 3.05) is 14.2 Å². The number of methoxy groups -OCH3 is 2. The van der Waals surface area contributed by atoms with E-state index < -0.39 is 18.1 Å². The van der Waals surface area contributed by atoms with Crippen molar-refractivity contribution in [1.82, 2.24) is 5.32 Å². The zero-order valence-corrected chi connectivity index (χ0v) is 15.9. The van der Waals surface area contributed by atoms with Crippen LogP contribution in [0.4, 0.5) is 0 Å². The molecule has 0 saturated carbocycles. The van der Waals surface area contributed by atoms with Gasteiger partial charge in [-0.1, -0.05) is 72.8 Å². The largest absolute Gasteiger partial charge is 0.467 e. The van der Waals surface area contributed by atoms with Gasteiger partial charge in [0.1, 0.15) is 6.04 Å². The van der Waals surface area contributed by atoms with Crippen molar-refractivity contribution >= 4 is 22.6 Å². The van der Waals surface area contributed by atoms with Gasteiger partial charge in [0.2, 0.25) is 0 Å². The van der Waals surface area contributed by atoms with E-state index in [0.717, 1.165) is 21.9 Å². The molecule has 1 N–H and O–H groups in total. The molecular weight excluding hydrogens is 354 g/mol. The third-order valence-corrected chi connectivity index (χ3v) is 4.68. The van der Waals surface area contributed by atoms with Gasteiger partial charge in [-0.05, 0) is 21.9 Å². The fourth-order valence-electron chi connectivity index (χ4n) is 3.30. The predicted octanol–water partition coefficient (Wildman–Crippen LogP) is 3.43. The molecule has 0 spiro atoms. The summed E-state index contributed by atoms with van der Waals surface area (Å²) >= 11 is 0. The molecule has 0 aliphatic rings. The molecule has 0 fully saturated rings. The number of hydrogen-bond acceptors (Lipinski definition) is 4. The van der Waals surface area contributed by atoms with Gasteiger partial charge >= 0.3 is 5.97 Å². The maximum atomic E-state index is 12.8. The van der Waals surface area contributed by atoms with E-state index in [0.29, 0.717) is 6.42 Å². The van der Waals surface area contributed by atoms with Crippen LogP contribution in [0.5, 0.6) is 0 Å². The molecule has 3 aromatic rings. The highest BCUT2D eigenvalue weighted by molar-refractivity contribution is 5.89. The molecule has 2 atom stereocenters. The van der Waals surface area contributed by atoms with Crippen LogP contribution in [0.15, 0.2) is 72.8 Å². The maximum absolute atomic E-state index is 12.8. The van der Waals surface area contributed by atoms with Crippen molar-refractivity contribution in [2.24, 2.45) is 0 Å².